The maximum Gasteiger partial charge on any atom is 0.226 e. The SMILES string of the molecule is COc1ccc(C2Oc3ccc(OC)cc3C3=C2C(c2ccc(C)cc2)n2ncnc2N3)cc1. The van der Waals surface area contributed by atoms with Crippen molar-refractivity contribution in [2.75, 3.05) is 19.5 Å². The lowest BCUT2D eigenvalue weighted by Gasteiger charge is -2.39. The molecular weight excluding hydrogens is 428 g/mol. The van der Waals surface area contributed by atoms with Crippen molar-refractivity contribution in [3.8, 4) is 17.2 Å². The molecule has 2 unspecified atom stereocenters. The summed E-state index contributed by atoms with van der Waals surface area (Å²) in [5, 5.41) is 8.11. The van der Waals surface area contributed by atoms with Crippen LogP contribution in [0, 0.1) is 6.92 Å². The van der Waals surface area contributed by atoms with Gasteiger partial charge in [-0.3, -0.25) is 0 Å². The third-order valence-corrected chi connectivity index (χ3v) is 6.43. The van der Waals surface area contributed by atoms with E-state index < -0.39 is 0 Å². The summed E-state index contributed by atoms with van der Waals surface area (Å²) in [6.07, 6.45) is 1.25. The van der Waals surface area contributed by atoms with Crippen molar-refractivity contribution in [2.45, 2.75) is 19.1 Å². The van der Waals surface area contributed by atoms with Gasteiger partial charge in [0.05, 0.1) is 19.9 Å². The molecule has 0 radical (unpaired) electrons. The third kappa shape index (κ3) is 3.20. The van der Waals surface area contributed by atoms with Crippen LogP contribution in [0.5, 0.6) is 17.2 Å². The van der Waals surface area contributed by atoms with Crippen LogP contribution in [0.3, 0.4) is 0 Å². The van der Waals surface area contributed by atoms with Crippen LogP contribution < -0.4 is 19.5 Å². The minimum atomic E-state index is -0.335. The van der Waals surface area contributed by atoms with Crippen molar-refractivity contribution in [3.05, 3.63) is 101 Å². The molecule has 2 atom stereocenters. The summed E-state index contributed by atoms with van der Waals surface area (Å²) in [7, 11) is 3.34. The number of methoxy groups -OCH3 is 2. The maximum atomic E-state index is 6.67. The van der Waals surface area contributed by atoms with Crippen LogP contribution in [0.25, 0.3) is 5.70 Å². The normalized spacial score (nSPS) is 18.2. The molecule has 0 amide bonds. The highest BCUT2D eigenvalue weighted by Crippen LogP contribution is 2.51. The topological polar surface area (TPSA) is 70.4 Å². The van der Waals surface area contributed by atoms with Crippen molar-refractivity contribution in [1.29, 1.82) is 0 Å². The first-order chi connectivity index (χ1) is 16.7. The van der Waals surface area contributed by atoms with E-state index in [2.05, 4.69) is 46.6 Å². The van der Waals surface area contributed by atoms with Crippen LogP contribution in [0.2, 0.25) is 0 Å². The summed E-state index contributed by atoms with van der Waals surface area (Å²) < 4.78 is 19.5. The van der Waals surface area contributed by atoms with Crippen molar-refractivity contribution in [2.24, 2.45) is 0 Å². The summed E-state index contributed by atoms with van der Waals surface area (Å²) in [5.74, 6) is 3.03. The monoisotopic (exact) mass is 452 g/mol. The van der Waals surface area contributed by atoms with Crippen molar-refractivity contribution in [3.63, 3.8) is 0 Å². The Morgan fingerprint density at radius 1 is 0.882 bits per heavy atom. The molecule has 2 aliphatic heterocycles. The smallest absolute Gasteiger partial charge is 0.226 e. The number of hydrogen-bond donors (Lipinski definition) is 1. The molecule has 0 fully saturated rings. The molecule has 7 nitrogen and oxygen atoms in total. The minimum absolute atomic E-state index is 0.194. The van der Waals surface area contributed by atoms with E-state index in [0.717, 1.165) is 45.2 Å². The standard InChI is InChI=1S/C27H24N4O3/c1-16-4-6-17(7-5-16)25-23-24(30-27-28-15-29-31(25)27)21-14-20(33-3)12-13-22(21)34-26(23)18-8-10-19(32-2)11-9-18/h4-15,25-26H,1-3H3,(H,28,29,30). The van der Waals surface area contributed by atoms with Crippen LogP contribution >= 0.6 is 0 Å². The summed E-state index contributed by atoms with van der Waals surface area (Å²) in [6.45, 7) is 2.09. The number of benzene rings is 3. The molecule has 170 valence electrons. The second-order valence-corrected chi connectivity index (χ2v) is 8.43. The summed E-state index contributed by atoms with van der Waals surface area (Å²) in [6, 6.07) is 22.2. The van der Waals surface area contributed by atoms with Gasteiger partial charge in [0, 0.05) is 11.1 Å². The molecule has 1 N–H and O–H groups in total. The Kier molecular flexibility index (Phi) is 4.76. The van der Waals surface area contributed by atoms with Crippen molar-refractivity contribution >= 4 is 11.6 Å². The van der Waals surface area contributed by atoms with Gasteiger partial charge in [0.15, 0.2) is 0 Å². The van der Waals surface area contributed by atoms with Gasteiger partial charge in [-0.25, -0.2) is 4.68 Å². The second kappa shape index (κ2) is 7.95. The van der Waals surface area contributed by atoms with E-state index in [0.29, 0.717) is 5.95 Å². The molecule has 7 heteroatoms. The van der Waals surface area contributed by atoms with Gasteiger partial charge in [-0.1, -0.05) is 42.0 Å². The van der Waals surface area contributed by atoms with Crippen LogP contribution in [0.4, 0.5) is 5.95 Å². The molecule has 0 bridgehead atoms. The maximum absolute atomic E-state index is 6.67. The fourth-order valence-electron chi connectivity index (χ4n) is 4.70. The van der Waals surface area contributed by atoms with E-state index in [9.17, 15) is 0 Å². The molecule has 0 spiro atoms. The Balaban J connectivity index is 1.60. The molecule has 0 saturated carbocycles. The zero-order valence-corrected chi connectivity index (χ0v) is 19.1. The van der Waals surface area contributed by atoms with Crippen LogP contribution in [0.15, 0.2) is 78.6 Å². The summed E-state index contributed by atoms with van der Waals surface area (Å²) >= 11 is 0. The van der Waals surface area contributed by atoms with Crippen molar-refractivity contribution < 1.29 is 14.2 Å². The average molecular weight is 453 g/mol. The van der Waals surface area contributed by atoms with E-state index in [1.165, 1.54) is 5.56 Å². The number of aromatic nitrogens is 3. The average Bonchev–Trinajstić information content (AvgIpc) is 3.36. The molecule has 6 rings (SSSR count). The molecule has 1 aromatic heterocycles. The molecule has 0 saturated heterocycles. The number of aryl methyl sites for hydroxylation is 1. The molecular formula is C27H24N4O3. The highest BCUT2D eigenvalue weighted by atomic mass is 16.5. The fourth-order valence-corrected chi connectivity index (χ4v) is 4.70. The van der Waals surface area contributed by atoms with Gasteiger partial charge in [-0.15, -0.1) is 0 Å². The van der Waals surface area contributed by atoms with Crippen LogP contribution in [-0.2, 0) is 0 Å². The zero-order valence-electron chi connectivity index (χ0n) is 19.1. The minimum Gasteiger partial charge on any atom is -0.497 e. The Bertz CT molecular complexity index is 1390. The molecule has 3 heterocycles. The molecule has 3 aromatic carbocycles. The first kappa shape index (κ1) is 20.4. The quantitative estimate of drug-likeness (QED) is 0.461. The summed E-state index contributed by atoms with van der Waals surface area (Å²) in [4.78, 5) is 4.50. The molecule has 0 aliphatic carbocycles. The predicted octanol–water partition coefficient (Wildman–Crippen LogP) is 5.16. The number of rotatable bonds is 4. The predicted molar refractivity (Wildman–Crippen MR) is 129 cm³/mol. The Hall–Kier alpha value is -4.26. The van der Waals surface area contributed by atoms with E-state index in [4.69, 9.17) is 14.2 Å². The van der Waals surface area contributed by atoms with Gasteiger partial charge in [0.25, 0.3) is 0 Å². The number of hydrogen-bond acceptors (Lipinski definition) is 6. The van der Waals surface area contributed by atoms with E-state index in [1.807, 2.05) is 47.1 Å². The van der Waals surface area contributed by atoms with Gasteiger partial charge in [-0.2, -0.15) is 10.1 Å². The molecule has 2 aliphatic rings. The van der Waals surface area contributed by atoms with Crippen LogP contribution in [0.1, 0.15) is 34.4 Å². The second-order valence-electron chi connectivity index (χ2n) is 8.43. The van der Waals surface area contributed by atoms with Crippen LogP contribution in [-0.4, -0.2) is 29.0 Å². The Morgan fingerprint density at radius 3 is 2.32 bits per heavy atom. The summed E-state index contributed by atoms with van der Waals surface area (Å²) in [5.41, 5.74) is 6.30. The third-order valence-electron chi connectivity index (χ3n) is 6.43. The first-order valence-electron chi connectivity index (χ1n) is 11.1. The highest BCUT2D eigenvalue weighted by Gasteiger charge is 2.41. The number of fused-ring (bicyclic) bond motifs is 3. The number of ether oxygens (including phenoxy) is 3. The zero-order chi connectivity index (χ0) is 23.2. The first-order valence-corrected chi connectivity index (χ1v) is 11.1. The van der Waals surface area contributed by atoms with E-state index in [-0.39, 0.29) is 12.1 Å². The van der Waals surface area contributed by atoms with Gasteiger partial charge in [0.2, 0.25) is 5.95 Å². The Morgan fingerprint density at radius 2 is 1.59 bits per heavy atom. The largest absolute Gasteiger partial charge is 0.497 e. The fraction of sp³-hybridized carbons (Fsp3) is 0.185. The van der Waals surface area contributed by atoms with Gasteiger partial charge in [-0.05, 0) is 48.4 Å². The number of nitrogens with zero attached hydrogens (tertiary/aromatic N) is 3. The lowest BCUT2D eigenvalue weighted by molar-refractivity contribution is 0.222. The lowest BCUT2D eigenvalue weighted by atomic mass is 9.84. The molecule has 34 heavy (non-hydrogen) atoms. The Labute approximate surface area is 197 Å². The highest BCUT2D eigenvalue weighted by molar-refractivity contribution is 5.85. The van der Waals surface area contributed by atoms with Gasteiger partial charge in [0.1, 0.15) is 35.7 Å². The number of anilines is 1. The van der Waals surface area contributed by atoms with Gasteiger partial charge >= 0.3 is 0 Å². The van der Waals surface area contributed by atoms with E-state index in [1.54, 1.807) is 20.5 Å². The number of nitrogens with one attached hydrogen (secondary N) is 1. The molecule has 4 aromatic rings. The van der Waals surface area contributed by atoms with E-state index >= 15 is 0 Å². The lowest BCUT2D eigenvalue weighted by Crippen LogP contribution is -2.32. The van der Waals surface area contributed by atoms with Gasteiger partial charge < -0.3 is 19.5 Å². The van der Waals surface area contributed by atoms with Crippen molar-refractivity contribution in [1.82, 2.24) is 14.8 Å².